The zero-order valence-corrected chi connectivity index (χ0v) is 13.1. The first-order chi connectivity index (χ1) is 10.6. The number of carbonyl (C=O) groups is 1. The summed E-state index contributed by atoms with van der Waals surface area (Å²) in [4.78, 5) is 23.6. The summed E-state index contributed by atoms with van der Waals surface area (Å²) in [5.41, 5.74) is 1.10. The third-order valence-electron chi connectivity index (χ3n) is 3.12. The van der Waals surface area contributed by atoms with E-state index in [1.165, 1.54) is 16.8 Å². The van der Waals surface area contributed by atoms with Gasteiger partial charge >= 0.3 is 0 Å². The average molecular weight is 320 g/mol. The largest absolute Gasteiger partial charge is 0.350 e. The molecule has 0 aliphatic heterocycles. The van der Waals surface area contributed by atoms with Crippen molar-refractivity contribution in [1.29, 1.82) is 0 Å². The Hall–Kier alpha value is -2.14. The highest BCUT2D eigenvalue weighted by molar-refractivity contribution is 6.30. The van der Waals surface area contributed by atoms with Crippen LogP contribution < -0.4 is 10.9 Å². The highest BCUT2D eigenvalue weighted by atomic mass is 35.5. The molecule has 22 heavy (non-hydrogen) atoms. The van der Waals surface area contributed by atoms with Crippen molar-refractivity contribution in [2.75, 3.05) is 6.54 Å². The molecule has 0 aliphatic carbocycles. The molecule has 6 heteroatoms. The molecular weight excluding hydrogens is 302 g/mol. The van der Waals surface area contributed by atoms with Gasteiger partial charge in [0.2, 0.25) is 0 Å². The highest BCUT2D eigenvalue weighted by Gasteiger charge is 2.08. The van der Waals surface area contributed by atoms with Gasteiger partial charge < -0.3 is 5.32 Å². The second-order valence-corrected chi connectivity index (χ2v) is 5.35. The molecule has 0 radical (unpaired) electrons. The number of amides is 1. The third-order valence-corrected chi connectivity index (χ3v) is 3.36. The molecule has 0 saturated carbocycles. The fourth-order valence-corrected chi connectivity index (χ4v) is 2.26. The van der Waals surface area contributed by atoms with E-state index in [2.05, 4.69) is 10.4 Å². The van der Waals surface area contributed by atoms with E-state index in [0.717, 1.165) is 12.0 Å². The van der Waals surface area contributed by atoms with Crippen molar-refractivity contribution in [3.8, 4) is 0 Å². The van der Waals surface area contributed by atoms with Crippen molar-refractivity contribution >= 4 is 17.5 Å². The Morgan fingerprint density at radius 3 is 2.86 bits per heavy atom. The van der Waals surface area contributed by atoms with Crippen LogP contribution in [0.5, 0.6) is 0 Å². The van der Waals surface area contributed by atoms with Crippen LogP contribution in [0.25, 0.3) is 0 Å². The van der Waals surface area contributed by atoms with Gasteiger partial charge in [-0.05, 0) is 36.6 Å². The van der Waals surface area contributed by atoms with E-state index in [1.807, 2.05) is 31.2 Å². The minimum absolute atomic E-state index is 0.197. The first-order valence-corrected chi connectivity index (χ1v) is 7.58. The molecule has 116 valence electrons. The van der Waals surface area contributed by atoms with Crippen LogP contribution in [0.4, 0.5) is 0 Å². The van der Waals surface area contributed by atoms with Crippen molar-refractivity contribution in [2.24, 2.45) is 0 Å². The van der Waals surface area contributed by atoms with Crippen LogP contribution in [0.1, 0.15) is 29.4 Å². The minimum Gasteiger partial charge on any atom is -0.350 e. The van der Waals surface area contributed by atoms with Gasteiger partial charge in [0.1, 0.15) is 5.69 Å². The summed E-state index contributed by atoms with van der Waals surface area (Å²) in [6.07, 6.45) is 1.47. The molecule has 1 aromatic carbocycles. The maximum atomic E-state index is 12.1. The number of rotatable bonds is 6. The van der Waals surface area contributed by atoms with Gasteiger partial charge in [-0.25, -0.2) is 4.68 Å². The van der Waals surface area contributed by atoms with Gasteiger partial charge in [0.25, 0.3) is 11.5 Å². The summed E-state index contributed by atoms with van der Waals surface area (Å²) >= 11 is 5.91. The van der Waals surface area contributed by atoms with Crippen LogP contribution in [-0.4, -0.2) is 22.2 Å². The maximum Gasteiger partial charge on any atom is 0.271 e. The van der Waals surface area contributed by atoms with E-state index >= 15 is 0 Å². The van der Waals surface area contributed by atoms with E-state index in [4.69, 9.17) is 11.6 Å². The predicted molar refractivity (Wildman–Crippen MR) is 86.3 cm³/mol. The number of benzene rings is 1. The summed E-state index contributed by atoms with van der Waals surface area (Å²) in [6, 6.07) is 10.3. The standard InChI is InChI=1S/C16H18ClN3O2/c1-2-10-20-15(21)7-6-14(19-20)16(22)18-9-8-12-4-3-5-13(17)11-12/h3-7,11H,2,8-10H2,1H3,(H,18,22). The molecule has 5 nitrogen and oxygen atoms in total. The summed E-state index contributed by atoms with van der Waals surface area (Å²) in [6.45, 7) is 2.93. The van der Waals surface area contributed by atoms with E-state index < -0.39 is 0 Å². The van der Waals surface area contributed by atoms with E-state index in [-0.39, 0.29) is 17.2 Å². The first kappa shape index (κ1) is 16.2. The second kappa shape index (κ2) is 7.75. The van der Waals surface area contributed by atoms with Gasteiger partial charge in [0.15, 0.2) is 0 Å². The number of halogens is 1. The third kappa shape index (κ3) is 4.43. The molecule has 0 spiro atoms. The maximum absolute atomic E-state index is 12.1. The number of hydrogen-bond donors (Lipinski definition) is 1. The van der Waals surface area contributed by atoms with Gasteiger partial charge in [-0.3, -0.25) is 9.59 Å². The topological polar surface area (TPSA) is 64.0 Å². The van der Waals surface area contributed by atoms with Gasteiger partial charge in [0.05, 0.1) is 0 Å². The zero-order valence-electron chi connectivity index (χ0n) is 12.4. The van der Waals surface area contributed by atoms with Crippen molar-refractivity contribution in [2.45, 2.75) is 26.3 Å². The Kier molecular flexibility index (Phi) is 5.72. The number of hydrogen-bond acceptors (Lipinski definition) is 3. The molecule has 0 unspecified atom stereocenters. The number of nitrogens with one attached hydrogen (secondary N) is 1. The SMILES string of the molecule is CCCn1nc(C(=O)NCCc2cccc(Cl)c2)ccc1=O. The highest BCUT2D eigenvalue weighted by Crippen LogP contribution is 2.10. The number of aromatic nitrogens is 2. The lowest BCUT2D eigenvalue weighted by atomic mass is 10.1. The summed E-state index contributed by atoms with van der Waals surface area (Å²) in [5, 5.41) is 7.55. The van der Waals surface area contributed by atoms with E-state index in [0.29, 0.717) is 24.5 Å². The molecule has 0 saturated heterocycles. The van der Waals surface area contributed by atoms with Crippen molar-refractivity contribution < 1.29 is 4.79 Å². The molecule has 1 N–H and O–H groups in total. The summed E-state index contributed by atoms with van der Waals surface area (Å²) in [5.74, 6) is -0.285. The van der Waals surface area contributed by atoms with Crippen LogP contribution in [0.3, 0.4) is 0 Å². The quantitative estimate of drug-likeness (QED) is 0.888. The number of aryl methyl sites for hydroxylation is 1. The Morgan fingerprint density at radius 1 is 1.32 bits per heavy atom. The molecule has 0 fully saturated rings. The Labute approximate surface area is 133 Å². The number of nitrogens with zero attached hydrogens (tertiary/aromatic N) is 2. The van der Waals surface area contributed by atoms with Gasteiger partial charge in [-0.15, -0.1) is 0 Å². The zero-order chi connectivity index (χ0) is 15.9. The molecule has 1 aromatic heterocycles. The van der Waals surface area contributed by atoms with E-state index in [9.17, 15) is 9.59 Å². The predicted octanol–water partition coefficient (Wildman–Crippen LogP) is 2.28. The Bertz CT molecular complexity index is 713. The molecule has 2 aromatic rings. The van der Waals surface area contributed by atoms with Gasteiger partial charge in [-0.1, -0.05) is 30.7 Å². The normalized spacial score (nSPS) is 10.5. The van der Waals surface area contributed by atoms with Crippen LogP contribution >= 0.6 is 11.6 Å². The van der Waals surface area contributed by atoms with Crippen LogP contribution in [0.2, 0.25) is 5.02 Å². The smallest absolute Gasteiger partial charge is 0.271 e. The fourth-order valence-electron chi connectivity index (χ4n) is 2.05. The van der Waals surface area contributed by atoms with Crippen LogP contribution in [0.15, 0.2) is 41.2 Å². The van der Waals surface area contributed by atoms with E-state index in [1.54, 1.807) is 0 Å². The van der Waals surface area contributed by atoms with Gasteiger partial charge in [-0.2, -0.15) is 5.10 Å². The first-order valence-electron chi connectivity index (χ1n) is 7.21. The number of carbonyl (C=O) groups excluding carboxylic acids is 1. The molecule has 2 rings (SSSR count). The molecule has 0 bridgehead atoms. The lowest BCUT2D eigenvalue weighted by molar-refractivity contribution is 0.0946. The Balaban J connectivity index is 1.95. The second-order valence-electron chi connectivity index (χ2n) is 4.92. The van der Waals surface area contributed by atoms with Crippen molar-refractivity contribution in [3.05, 3.63) is 63.0 Å². The lowest BCUT2D eigenvalue weighted by Gasteiger charge is -2.07. The van der Waals surface area contributed by atoms with Gasteiger partial charge in [0, 0.05) is 24.2 Å². The van der Waals surface area contributed by atoms with Crippen LogP contribution in [0, 0.1) is 0 Å². The molecule has 1 amide bonds. The minimum atomic E-state index is -0.285. The molecule has 1 heterocycles. The summed E-state index contributed by atoms with van der Waals surface area (Å²) in [7, 11) is 0. The molecular formula is C16H18ClN3O2. The summed E-state index contributed by atoms with van der Waals surface area (Å²) < 4.78 is 1.31. The van der Waals surface area contributed by atoms with Crippen molar-refractivity contribution in [1.82, 2.24) is 15.1 Å². The average Bonchev–Trinajstić information content (AvgIpc) is 2.49. The molecule has 0 aliphatic rings. The monoisotopic (exact) mass is 319 g/mol. The Morgan fingerprint density at radius 2 is 2.14 bits per heavy atom. The molecule has 0 atom stereocenters. The fraction of sp³-hybridized carbons (Fsp3) is 0.312. The lowest BCUT2D eigenvalue weighted by Crippen LogP contribution is -2.30. The van der Waals surface area contributed by atoms with Crippen molar-refractivity contribution in [3.63, 3.8) is 0 Å². The van der Waals surface area contributed by atoms with Crippen LogP contribution in [-0.2, 0) is 13.0 Å².